The first-order chi connectivity index (χ1) is 10.1. The van der Waals surface area contributed by atoms with Crippen LogP contribution in [0.4, 0.5) is 0 Å². The van der Waals surface area contributed by atoms with Gasteiger partial charge in [-0.2, -0.15) is 0 Å². The van der Waals surface area contributed by atoms with Crippen LogP contribution in [0, 0.1) is 0 Å². The third-order valence-corrected chi connectivity index (χ3v) is 5.81. The van der Waals surface area contributed by atoms with Crippen molar-refractivity contribution in [3.05, 3.63) is 35.4 Å². The van der Waals surface area contributed by atoms with Crippen LogP contribution in [-0.4, -0.2) is 27.2 Å². The van der Waals surface area contributed by atoms with Crippen molar-refractivity contribution < 1.29 is 9.00 Å². The molecular weight excluding hydrogens is 320 g/mol. The zero-order chi connectivity index (χ0) is 15.2. The number of benzene rings is 1. The molecule has 1 aliphatic rings. The topological polar surface area (TPSA) is 72.2 Å². The summed E-state index contributed by atoms with van der Waals surface area (Å²) < 4.78 is 11.9. The minimum Gasteiger partial charge on any atom is -0.349 e. The summed E-state index contributed by atoms with van der Waals surface area (Å²) in [6.07, 6.45) is 3.85. The molecule has 1 amide bonds. The monoisotopic (exact) mass is 344 g/mol. The molecule has 1 aromatic carbocycles. The molecule has 0 aromatic heterocycles. The normalized spacial score (nSPS) is 22.5. The van der Waals surface area contributed by atoms with Crippen LogP contribution in [0.3, 0.4) is 0 Å². The third kappa shape index (κ3) is 5.07. The van der Waals surface area contributed by atoms with Crippen molar-refractivity contribution in [1.29, 1.82) is 0 Å². The number of hydrogen-bond acceptors (Lipinski definition) is 3. The molecule has 3 unspecified atom stereocenters. The van der Waals surface area contributed by atoms with E-state index < -0.39 is 10.8 Å². The number of hydrogen-bond donors (Lipinski definition) is 2. The predicted molar refractivity (Wildman–Crippen MR) is 93.8 cm³/mol. The molecule has 0 heterocycles. The lowest BCUT2D eigenvalue weighted by molar-refractivity contribution is 0.0928. The number of nitrogens with one attached hydrogen (secondary N) is 1. The minimum absolute atomic E-state index is 0. The maximum absolute atomic E-state index is 12.2. The lowest BCUT2D eigenvalue weighted by Crippen LogP contribution is -2.41. The van der Waals surface area contributed by atoms with Crippen LogP contribution in [0.15, 0.2) is 24.3 Å². The van der Waals surface area contributed by atoms with Gasteiger partial charge in [-0.1, -0.05) is 25.5 Å². The van der Waals surface area contributed by atoms with Gasteiger partial charge >= 0.3 is 0 Å². The fourth-order valence-corrected chi connectivity index (χ4v) is 4.16. The van der Waals surface area contributed by atoms with Gasteiger partial charge in [-0.15, -0.1) is 12.4 Å². The summed E-state index contributed by atoms with van der Waals surface area (Å²) >= 11 is 0. The standard InChI is InChI=1S/C16H24N2O2S.ClH/c1-2-21(20)15-5-3-4-14(10-15)18-16(19)13-8-6-12(11-17)7-9-13;/h6-9,14-15H,2-5,10-11,17H2,1H3,(H,18,19);1H. The number of carbonyl (C=O) groups excluding carboxylic acids is 1. The first kappa shape index (κ1) is 19.1. The molecule has 1 aliphatic carbocycles. The van der Waals surface area contributed by atoms with Gasteiger partial charge in [0, 0.05) is 40.0 Å². The van der Waals surface area contributed by atoms with E-state index in [0.29, 0.717) is 17.9 Å². The van der Waals surface area contributed by atoms with Crippen molar-refractivity contribution in [2.45, 2.75) is 50.4 Å². The van der Waals surface area contributed by atoms with Gasteiger partial charge < -0.3 is 11.1 Å². The Morgan fingerprint density at radius 2 is 2.00 bits per heavy atom. The Kier molecular flexibility index (Phi) is 8.07. The molecule has 4 nitrogen and oxygen atoms in total. The molecule has 0 saturated heterocycles. The van der Waals surface area contributed by atoms with Gasteiger partial charge in [0.2, 0.25) is 0 Å². The van der Waals surface area contributed by atoms with E-state index in [-0.39, 0.29) is 29.6 Å². The van der Waals surface area contributed by atoms with Gasteiger partial charge in [-0.25, -0.2) is 0 Å². The van der Waals surface area contributed by atoms with Crippen molar-refractivity contribution in [3.8, 4) is 0 Å². The minimum atomic E-state index is -0.763. The van der Waals surface area contributed by atoms with E-state index in [4.69, 9.17) is 5.73 Å². The fraction of sp³-hybridized carbons (Fsp3) is 0.562. The highest BCUT2D eigenvalue weighted by Crippen LogP contribution is 2.23. The predicted octanol–water partition coefficient (Wildman–Crippen LogP) is 2.38. The van der Waals surface area contributed by atoms with Crippen LogP contribution in [0.1, 0.15) is 48.5 Å². The van der Waals surface area contributed by atoms with Gasteiger partial charge in [0.05, 0.1) is 0 Å². The third-order valence-electron chi connectivity index (χ3n) is 4.07. The van der Waals surface area contributed by atoms with Gasteiger partial charge in [-0.05, 0) is 37.0 Å². The van der Waals surface area contributed by atoms with Gasteiger partial charge in [0.15, 0.2) is 0 Å². The van der Waals surface area contributed by atoms with Gasteiger partial charge in [0.1, 0.15) is 0 Å². The van der Waals surface area contributed by atoms with Crippen molar-refractivity contribution >= 4 is 29.1 Å². The maximum Gasteiger partial charge on any atom is 0.251 e. The van der Waals surface area contributed by atoms with E-state index in [1.54, 1.807) is 0 Å². The zero-order valence-corrected chi connectivity index (χ0v) is 14.6. The number of amides is 1. The molecule has 0 aliphatic heterocycles. The summed E-state index contributed by atoms with van der Waals surface area (Å²) in [6, 6.07) is 7.51. The van der Waals surface area contributed by atoms with E-state index in [1.807, 2.05) is 31.2 Å². The van der Waals surface area contributed by atoms with Crippen molar-refractivity contribution in [3.63, 3.8) is 0 Å². The van der Waals surface area contributed by atoms with Crippen molar-refractivity contribution in [2.75, 3.05) is 5.75 Å². The largest absolute Gasteiger partial charge is 0.349 e. The molecule has 2 rings (SSSR count). The van der Waals surface area contributed by atoms with Crippen molar-refractivity contribution in [2.24, 2.45) is 5.73 Å². The molecule has 1 saturated carbocycles. The summed E-state index contributed by atoms with van der Waals surface area (Å²) in [5, 5.41) is 3.31. The van der Waals surface area contributed by atoms with Gasteiger partial charge in [0.25, 0.3) is 5.91 Å². The Hall–Kier alpha value is -0.910. The summed E-state index contributed by atoms with van der Waals surface area (Å²) in [7, 11) is -0.763. The highest BCUT2D eigenvalue weighted by atomic mass is 35.5. The second-order valence-electron chi connectivity index (χ2n) is 5.53. The summed E-state index contributed by atoms with van der Waals surface area (Å²) in [6.45, 7) is 2.44. The summed E-state index contributed by atoms with van der Waals surface area (Å²) in [4.78, 5) is 12.2. The quantitative estimate of drug-likeness (QED) is 0.861. The molecule has 0 spiro atoms. The fourth-order valence-electron chi connectivity index (χ4n) is 2.81. The lowest BCUT2D eigenvalue weighted by atomic mass is 9.94. The Labute approximate surface area is 141 Å². The molecule has 22 heavy (non-hydrogen) atoms. The maximum atomic E-state index is 12.2. The molecular formula is C16H25ClN2O2S. The summed E-state index contributed by atoms with van der Waals surface area (Å²) in [5.74, 6) is 0.651. The Balaban J connectivity index is 0.00000242. The second kappa shape index (κ2) is 9.28. The number of rotatable bonds is 5. The average Bonchev–Trinajstić information content (AvgIpc) is 2.54. The Morgan fingerprint density at radius 3 is 2.59 bits per heavy atom. The number of nitrogens with two attached hydrogens (primary N) is 1. The van der Waals surface area contributed by atoms with Crippen LogP contribution >= 0.6 is 12.4 Å². The molecule has 1 aromatic rings. The molecule has 6 heteroatoms. The molecule has 1 fully saturated rings. The van der Waals surface area contributed by atoms with Gasteiger partial charge in [-0.3, -0.25) is 9.00 Å². The van der Waals surface area contributed by atoms with Crippen molar-refractivity contribution in [1.82, 2.24) is 5.32 Å². The Morgan fingerprint density at radius 1 is 1.32 bits per heavy atom. The highest BCUT2D eigenvalue weighted by molar-refractivity contribution is 7.85. The van der Waals surface area contributed by atoms with Crippen LogP contribution in [0.2, 0.25) is 0 Å². The molecule has 3 atom stereocenters. The average molecular weight is 345 g/mol. The number of carbonyl (C=O) groups is 1. The molecule has 0 radical (unpaired) electrons. The zero-order valence-electron chi connectivity index (χ0n) is 12.9. The highest BCUT2D eigenvalue weighted by Gasteiger charge is 2.26. The first-order valence-corrected chi connectivity index (χ1v) is 8.99. The van der Waals surface area contributed by atoms with E-state index in [0.717, 1.165) is 31.2 Å². The smallest absolute Gasteiger partial charge is 0.251 e. The molecule has 0 bridgehead atoms. The Bertz CT molecular complexity index is 507. The summed E-state index contributed by atoms with van der Waals surface area (Å²) in [5.41, 5.74) is 7.23. The van der Waals surface area contributed by atoms with E-state index in [9.17, 15) is 9.00 Å². The number of halogens is 1. The van der Waals surface area contributed by atoms with E-state index in [2.05, 4.69) is 5.32 Å². The van der Waals surface area contributed by atoms with Crippen LogP contribution in [-0.2, 0) is 17.3 Å². The van der Waals surface area contributed by atoms with Crippen LogP contribution in [0.25, 0.3) is 0 Å². The first-order valence-electron chi connectivity index (χ1n) is 7.61. The van der Waals surface area contributed by atoms with E-state index in [1.165, 1.54) is 0 Å². The second-order valence-corrected chi connectivity index (χ2v) is 7.53. The molecule has 124 valence electrons. The SMILES string of the molecule is CCS(=O)C1CCCC(NC(=O)c2ccc(CN)cc2)C1.Cl. The lowest BCUT2D eigenvalue weighted by Gasteiger charge is -2.29. The van der Waals surface area contributed by atoms with Crippen LogP contribution in [0.5, 0.6) is 0 Å². The van der Waals surface area contributed by atoms with E-state index >= 15 is 0 Å². The van der Waals surface area contributed by atoms with Crippen LogP contribution < -0.4 is 11.1 Å². The molecule has 3 N–H and O–H groups in total.